The predicted octanol–water partition coefficient (Wildman–Crippen LogP) is 6.06. The van der Waals surface area contributed by atoms with E-state index in [9.17, 15) is 0 Å². The molecule has 0 aliphatic heterocycles. The lowest BCUT2D eigenvalue weighted by atomic mass is 9.89. The third-order valence-corrected chi connectivity index (χ3v) is 5.16. The van der Waals surface area contributed by atoms with E-state index in [0.717, 1.165) is 23.2 Å². The van der Waals surface area contributed by atoms with Crippen LogP contribution in [0, 0.1) is 26.7 Å². The van der Waals surface area contributed by atoms with Gasteiger partial charge in [-0.3, -0.25) is 0 Å². The van der Waals surface area contributed by atoms with Crippen molar-refractivity contribution in [2.45, 2.75) is 33.6 Å². The molecule has 0 heterocycles. The lowest BCUT2D eigenvalue weighted by Gasteiger charge is -2.18. The zero-order valence-corrected chi connectivity index (χ0v) is 15.3. The second-order valence-electron chi connectivity index (χ2n) is 5.93. The molecule has 1 atom stereocenters. The summed E-state index contributed by atoms with van der Waals surface area (Å²) in [6.07, 6.45) is 2.20. The molecular weight excluding hydrogens is 344 g/mol. The quantitative estimate of drug-likeness (QED) is 0.565. The van der Waals surface area contributed by atoms with Crippen LogP contribution in [-0.4, -0.2) is 5.33 Å². The number of benzene rings is 2. The molecule has 2 aromatic rings. The van der Waals surface area contributed by atoms with Crippen LogP contribution >= 0.6 is 27.5 Å². The third kappa shape index (κ3) is 4.59. The molecular formula is C19H22BrCl. The second kappa shape index (κ2) is 7.47. The zero-order valence-electron chi connectivity index (χ0n) is 12.9. The summed E-state index contributed by atoms with van der Waals surface area (Å²) in [5, 5.41) is 1.82. The Hall–Kier alpha value is -0.790. The summed E-state index contributed by atoms with van der Waals surface area (Å²) in [5.74, 6) is 0.603. The Kier molecular flexibility index (Phi) is 5.89. The molecule has 0 saturated carbocycles. The number of aryl methyl sites for hydroxylation is 3. The molecule has 0 bridgehead atoms. The first-order valence-corrected chi connectivity index (χ1v) is 8.86. The lowest BCUT2D eigenvalue weighted by Crippen LogP contribution is -2.12. The molecule has 1 unspecified atom stereocenters. The highest BCUT2D eigenvalue weighted by atomic mass is 79.9. The Morgan fingerprint density at radius 3 is 2.05 bits per heavy atom. The molecule has 2 heteroatoms. The highest BCUT2D eigenvalue weighted by Gasteiger charge is 2.13. The van der Waals surface area contributed by atoms with Crippen LogP contribution in [0.3, 0.4) is 0 Å². The van der Waals surface area contributed by atoms with Crippen LogP contribution in [0.25, 0.3) is 0 Å². The fourth-order valence-electron chi connectivity index (χ4n) is 2.96. The SMILES string of the molecule is Cc1cc(C)c(CC(CBr)Cc2ccc(Cl)cc2)c(C)c1. The van der Waals surface area contributed by atoms with Crippen molar-refractivity contribution >= 4 is 27.5 Å². The number of halogens is 2. The van der Waals surface area contributed by atoms with Gasteiger partial charge in [-0.2, -0.15) is 0 Å². The predicted molar refractivity (Wildman–Crippen MR) is 96.8 cm³/mol. The first-order valence-electron chi connectivity index (χ1n) is 7.36. The zero-order chi connectivity index (χ0) is 15.4. The van der Waals surface area contributed by atoms with Gasteiger partial charge in [0, 0.05) is 10.4 Å². The molecule has 0 fully saturated rings. The van der Waals surface area contributed by atoms with E-state index in [1.807, 2.05) is 12.1 Å². The van der Waals surface area contributed by atoms with E-state index in [1.54, 1.807) is 0 Å². The van der Waals surface area contributed by atoms with E-state index in [0.29, 0.717) is 5.92 Å². The average Bonchev–Trinajstić information content (AvgIpc) is 2.43. The van der Waals surface area contributed by atoms with Gasteiger partial charge in [0.2, 0.25) is 0 Å². The Morgan fingerprint density at radius 1 is 0.952 bits per heavy atom. The normalized spacial score (nSPS) is 12.4. The van der Waals surface area contributed by atoms with Gasteiger partial charge in [-0.25, -0.2) is 0 Å². The molecule has 21 heavy (non-hydrogen) atoms. The van der Waals surface area contributed by atoms with E-state index in [-0.39, 0.29) is 0 Å². The van der Waals surface area contributed by atoms with Gasteiger partial charge in [-0.1, -0.05) is 57.4 Å². The van der Waals surface area contributed by atoms with Gasteiger partial charge in [-0.15, -0.1) is 0 Å². The number of alkyl halides is 1. The van der Waals surface area contributed by atoms with Crippen LogP contribution in [0.4, 0.5) is 0 Å². The Balaban J connectivity index is 2.14. The van der Waals surface area contributed by atoms with Gasteiger partial charge < -0.3 is 0 Å². The Bertz CT molecular complexity index is 578. The standard InChI is InChI=1S/C19H22BrCl/c1-13-8-14(2)19(15(3)9-13)11-17(12-20)10-16-4-6-18(21)7-5-16/h4-9,17H,10-12H2,1-3H3. The molecule has 0 amide bonds. The van der Waals surface area contributed by atoms with Gasteiger partial charge in [0.15, 0.2) is 0 Å². The van der Waals surface area contributed by atoms with Gasteiger partial charge in [0.05, 0.1) is 0 Å². The molecule has 2 rings (SSSR count). The van der Waals surface area contributed by atoms with E-state index in [1.165, 1.54) is 27.8 Å². The molecule has 0 N–H and O–H groups in total. The Labute approximate surface area is 141 Å². The van der Waals surface area contributed by atoms with Gasteiger partial charge in [0.25, 0.3) is 0 Å². The first-order chi connectivity index (χ1) is 9.99. The summed E-state index contributed by atoms with van der Waals surface area (Å²) >= 11 is 9.64. The molecule has 0 saturated heterocycles. The second-order valence-corrected chi connectivity index (χ2v) is 7.02. The summed E-state index contributed by atoms with van der Waals surface area (Å²) < 4.78 is 0. The molecule has 0 aromatic heterocycles. The summed E-state index contributed by atoms with van der Waals surface area (Å²) in [5.41, 5.74) is 7.02. The highest BCUT2D eigenvalue weighted by Crippen LogP contribution is 2.23. The molecule has 0 aliphatic carbocycles. The average molecular weight is 366 g/mol. The largest absolute Gasteiger partial charge is 0.0925 e. The van der Waals surface area contributed by atoms with E-state index >= 15 is 0 Å². The van der Waals surface area contributed by atoms with E-state index < -0.39 is 0 Å². The van der Waals surface area contributed by atoms with E-state index in [2.05, 4.69) is 61.0 Å². The van der Waals surface area contributed by atoms with Crippen molar-refractivity contribution in [1.29, 1.82) is 0 Å². The highest BCUT2D eigenvalue weighted by molar-refractivity contribution is 9.09. The molecule has 0 radical (unpaired) electrons. The molecule has 112 valence electrons. The molecule has 0 nitrogen and oxygen atoms in total. The minimum atomic E-state index is 0.603. The van der Waals surface area contributed by atoms with Gasteiger partial charge in [0.1, 0.15) is 0 Å². The number of hydrogen-bond donors (Lipinski definition) is 0. The summed E-state index contributed by atoms with van der Waals surface area (Å²) in [4.78, 5) is 0. The van der Waals surface area contributed by atoms with Crippen LogP contribution in [0.1, 0.15) is 27.8 Å². The maximum Gasteiger partial charge on any atom is 0.0406 e. The van der Waals surface area contributed by atoms with Crippen molar-refractivity contribution < 1.29 is 0 Å². The van der Waals surface area contributed by atoms with Crippen molar-refractivity contribution in [3.05, 3.63) is 69.2 Å². The van der Waals surface area contributed by atoms with Crippen molar-refractivity contribution in [3.8, 4) is 0 Å². The maximum absolute atomic E-state index is 5.96. The first kappa shape index (κ1) is 16.6. The number of hydrogen-bond acceptors (Lipinski definition) is 0. The maximum atomic E-state index is 5.96. The topological polar surface area (TPSA) is 0 Å². The van der Waals surface area contributed by atoms with Crippen LogP contribution < -0.4 is 0 Å². The monoisotopic (exact) mass is 364 g/mol. The van der Waals surface area contributed by atoms with Crippen molar-refractivity contribution in [1.82, 2.24) is 0 Å². The fraction of sp³-hybridized carbons (Fsp3) is 0.368. The summed E-state index contributed by atoms with van der Waals surface area (Å²) in [7, 11) is 0. The summed E-state index contributed by atoms with van der Waals surface area (Å²) in [6, 6.07) is 12.8. The van der Waals surface area contributed by atoms with Crippen LogP contribution in [0.2, 0.25) is 5.02 Å². The third-order valence-electron chi connectivity index (χ3n) is 3.99. The van der Waals surface area contributed by atoms with Crippen LogP contribution in [0.15, 0.2) is 36.4 Å². The molecule has 0 aliphatic rings. The van der Waals surface area contributed by atoms with Crippen LogP contribution in [0.5, 0.6) is 0 Å². The minimum absolute atomic E-state index is 0.603. The van der Waals surface area contributed by atoms with Crippen molar-refractivity contribution in [2.24, 2.45) is 5.92 Å². The van der Waals surface area contributed by atoms with Crippen molar-refractivity contribution in [3.63, 3.8) is 0 Å². The lowest BCUT2D eigenvalue weighted by molar-refractivity contribution is 0.588. The number of rotatable bonds is 5. The van der Waals surface area contributed by atoms with E-state index in [4.69, 9.17) is 11.6 Å². The smallest absolute Gasteiger partial charge is 0.0406 e. The van der Waals surface area contributed by atoms with Gasteiger partial charge in [-0.05, 0) is 73.9 Å². The molecule has 2 aromatic carbocycles. The summed E-state index contributed by atoms with van der Waals surface area (Å²) in [6.45, 7) is 6.62. The van der Waals surface area contributed by atoms with Crippen molar-refractivity contribution in [2.75, 3.05) is 5.33 Å². The van der Waals surface area contributed by atoms with Gasteiger partial charge >= 0.3 is 0 Å². The Morgan fingerprint density at radius 2 is 1.52 bits per heavy atom. The minimum Gasteiger partial charge on any atom is -0.0925 e. The van der Waals surface area contributed by atoms with Crippen LogP contribution in [-0.2, 0) is 12.8 Å². The fourth-order valence-corrected chi connectivity index (χ4v) is 3.54. The molecule has 0 spiro atoms.